The zero-order valence-electron chi connectivity index (χ0n) is 5.46. The van der Waals surface area contributed by atoms with E-state index < -0.39 is 0 Å². The van der Waals surface area contributed by atoms with Crippen molar-refractivity contribution in [2.24, 2.45) is 5.41 Å². The lowest BCUT2D eigenvalue weighted by Gasteiger charge is -2.20. The summed E-state index contributed by atoms with van der Waals surface area (Å²) in [5.41, 5.74) is 0.487. The first-order valence-electron chi connectivity index (χ1n) is 2.58. The van der Waals surface area contributed by atoms with Crippen LogP contribution in [0.25, 0.3) is 0 Å². The molecule has 0 fully saturated rings. The molecule has 0 saturated heterocycles. The van der Waals surface area contributed by atoms with Crippen molar-refractivity contribution in [1.82, 2.24) is 0 Å². The van der Waals surface area contributed by atoms with Gasteiger partial charge in [-0.25, -0.2) is 0 Å². The van der Waals surface area contributed by atoms with Crippen LogP contribution in [0, 0.1) is 5.41 Å². The van der Waals surface area contributed by atoms with Gasteiger partial charge in [0, 0.05) is 3.92 Å². The van der Waals surface area contributed by atoms with Gasteiger partial charge in [-0.3, -0.25) is 0 Å². The van der Waals surface area contributed by atoms with Gasteiger partial charge in [-0.15, -0.1) is 0 Å². The van der Waals surface area contributed by atoms with Crippen LogP contribution in [0.3, 0.4) is 0 Å². The summed E-state index contributed by atoms with van der Waals surface area (Å²) >= 11 is 2.45. The Labute approximate surface area is 59.8 Å². The molecule has 0 rings (SSSR count). The fourth-order valence-corrected chi connectivity index (χ4v) is 0. The zero-order chi connectivity index (χ0) is 6.08. The third-order valence-corrected chi connectivity index (χ3v) is 3.06. The van der Waals surface area contributed by atoms with E-state index in [0.717, 1.165) is 3.92 Å². The minimum Gasteiger partial charge on any atom is -0.0824 e. The van der Waals surface area contributed by atoms with Crippen LogP contribution in [0.5, 0.6) is 0 Å². The fourth-order valence-electron chi connectivity index (χ4n) is 0. The Bertz CT molecular complexity index is 49.7. The Morgan fingerprint density at radius 3 is 1.43 bits per heavy atom. The molecule has 0 aliphatic carbocycles. The van der Waals surface area contributed by atoms with Crippen molar-refractivity contribution in [1.29, 1.82) is 0 Å². The Kier molecular flexibility index (Phi) is 2.58. The average molecular weight is 212 g/mol. The van der Waals surface area contributed by atoms with E-state index in [1.165, 1.54) is 0 Å². The smallest absolute Gasteiger partial charge is 0.0130 e. The lowest BCUT2D eigenvalue weighted by Crippen LogP contribution is -2.15. The largest absolute Gasteiger partial charge is 0.0824 e. The summed E-state index contributed by atoms with van der Waals surface area (Å²) in [4.78, 5) is 0. The third kappa shape index (κ3) is 3.32. The van der Waals surface area contributed by atoms with Crippen molar-refractivity contribution in [3.63, 3.8) is 0 Å². The van der Waals surface area contributed by atoms with E-state index in [2.05, 4.69) is 50.3 Å². The van der Waals surface area contributed by atoms with E-state index in [-0.39, 0.29) is 0 Å². The van der Waals surface area contributed by atoms with Crippen LogP contribution < -0.4 is 0 Å². The number of alkyl halides is 1. The maximum absolute atomic E-state index is 2.45. The van der Waals surface area contributed by atoms with Crippen LogP contribution in [0.15, 0.2) is 0 Å². The molecule has 0 radical (unpaired) electrons. The monoisotopic (exact) mass is 212 g/mol. The van der Waals surface area contributed by atoms with Crippen molar-refractivity contribution in [3.8, 4) is 0 Å². The molecule has 0 N–H and O–H groups in total. The molecular weight excluding hydrogens is 199 g/mol. The molecule has 0 nitrogen and oxygen atoms in total. The molecule has 0 aromatic carbocycles. The van der Waals surface area contributed by atoms with Crippen LogP contribution in [0.2, 0.25) is 0 Å². The Hall–Kier alpha value is 0.730. The molecule has 0 spiro atoms. The number of hydrogen-bond donors (Lipinski definition) is 0. The van der Waals surface area contributed by atoms with Crippen molar-refractivity contribution in [2.45, 2.75) is 31.6 Å². The number of hydrogen-bond acceptors (Lipinski definition) is 0. The van der Waals surface area contributed by atoms with Gasteiger partial charge in [0.05, 0.1) is 0 Å². The standard InChI is InChI=1S/C6H13I/c1-5(7)6(2,3)4/h5H,1-4H3. The quantitative estimate of drug-likeness (QED) is 0.427. The van der Waals surface area contributed by atoms with Crippen LogP contribution in [-0.4, -0.2) is 3.92 Å². The minimum atomic E-state index is 0.487. The molecule has 0 aromatic rings. The van der Waals surface area contributed by atoms with Crippen LogP contribution in [-0.2, 0) is 0 Å². The van der Waals surface area contributed by atoms with E-state index in [1.807, 2.05) is 0 Å². The summed E-state index contributed by atoms with van der Waals surface area (Å²) in [5.74, 6) is 0. The molecule has 7 heavy (non-hydrogen) atoms. The fraction of sp³-hybridized carbons (Fsp3) is 1.00. The molecule has 0 aliphatic heterocycles. The highest BCUT2D eigenvalue weighted by molar-refractivity contribution is 14.1. The van der Waals surface area contributed by atoms with E-state index in [9.17, 15) is 0 Å². The van der Waals surface area contributed by atoms with Crippen molar-refractivity contribution in [2.75, 3.05) is 0 Å². The topological polar surface area (TPSA) is 0 Å². The summed E-state index contributed by atoms with van der Waals surface area (Å²) in [6.07, 6.45) is 0. The second-order valence-corrected chi connectivity index (χ2v) is 4.85. The van der Waals surface area contributed by atoms with Crippen molar-refractivity contribution >= 4 is 22.6 Å². The van der Waals surface area contributed by atoms with Gasteiger partial charge >= 0.3 is 0 Å². The van der Waals surface area contributed by atoms with E-state index in [1.54, 1.807) is 0 Å². The van der Waals surface area contributed by atoms with Crippen molar-refractivity contribution in [3.05, 3.63) is 0 Å². The predicted molar refractivity (Wildman–Crippen MR) is 42.9 cm³/mol. The van der Waals surface area contributed by atoms with Crippen LogP contribution >= 0.6 is 22.6 Å². The molecule has 0 aliphatic rings. The van der Waals surface area contributed by atoms with Gasteiger partial charge in [0.2, 0.25) is 0 Å². The van der Waals surface area contributed by atoms with E-state index >= 15 is 0 Å². The van der Waals surface area contributed by atoms with E-state index in [0.29, 0.717) is 5.41 Å². The maximum atomic E-state index is 2.45. The van der Waals surface area contributed by atoms with Gasteiger partial charge in [0.15, 0.2) is 0 Å². The van der Waals surface area contributed by atoms with E-state index in [4.69, 9.17) is 0 Å². The molecule has 1 unspecified atom stereocenters. The van der Waals surface area contributed by atoms with Gasteiger partial charge in [0.1, 0.15) is 0 Å². The average Bonchev–Trinajstić information content (AvgIpc) is 1.31. The second kappa shape index (κ2) is 2.33. The zero-order valence-corrected chi connectivity index (χ0v) is 7.61. The lowest BCUT2D eigenvalue weighted by atomic mass is 9.94. The Morgan fingerprint density at radius 2 is 1.43 bits per heavy atom. The maximum Gasteiger partial charge on any atom is 0.0130 e. The van der Waals surface area contributed by atoms with Gasteiger partial charge in [-0.05, 0) is 5.41 Å². The molecule has 1 atom stereocenters. The van der Waals surface area contributed by atoms with Crippen LogP contribution in [0.1, 0.15) is 27.7 Å². The SMILES string of the molecule is CC(I)C(C)(C)C. The number of rotatable bonds is 0. The summed E-state index contributed by atoms with van der Waals surface area (Å²) in [6, 6.07) is 0. The predicted octanol–water partition coefficient (Wildman–Crippen LogP) is 2.86. The first-order valence-corrected chi connectivity index (χ1v) is 3.83. The second-order valence-electron chi connectivity index (χ2n) is 2.98. The van der Waals surface area contributed by atoms with Gasteiger partial charge in [-0.1, -0.05) is 50.3 Å². The number of halogens is 1. The molecule has 1 heteroatoms. The summed E-state index contributed by atoms with van der Waals surface area (Å²) < 4.78 is 0.769. The van der Waals surface area contributed by atoms with Gasteiger partial charge < -0.3 is 0 Å². The molecule has 0 aromatic heterocycles. The molecule has 0 saturated carbocycles. The molecule has 0 amide bonds. The first kappa shape index (κ1) is 7.73. The highest BCUT2D eigenvalue weighted by Crippen LogP contribution is 2.24. The summed E-state index contributed by atoms with van der Waals surface area (Å²) in [5, 5.41) is 0. The molecule has 0 heterocycles. The van der Waals surface area contributed by atoms with Gasteiger partial charge in [-0.2, -0.15) is 0 Å². The van der Waals surface area contributed by atoms with Gasteiger partial charge in [0.25, 0.3) is 0 Å². The Morgan fingerprint density at radius 1 is 1.29 bits per heavy atom. The molecule has 0 bridgehead atoms. The normalized spacial score (nSPS) is 16.7. The summed E-state index contributed by atoms with van der Waals surface area (Å²) in [7, 11) is 0. The highest BCUT2D eigenvalue weighted by Gasteiger charge is 2.15. The third-order valence-electron chi connectivity index (χ3n) is 1.19. The minimum absolute atomic E-state index is 0.487. The lowest BCUT2D eigenvalue weighted by molar-refractivity contribution is 0.423. The molecule has 44 valence electrons. The van der Waals surface area contributed by atoms with Crippen molar-refractivity contribution < 1.29 is 0 Å². The molecular formula is C6H13I. The Balaban J connectivity index is 3.54. The highest BCUT2D eigenvalue weighted by atomic mass is 127. The first-order chi connectivity index (χ1) is 2.94. The van der Waals surface area contributed by atoms with Crippen LogP contribution in [0.4, 0.5) is 0 Å². The summed E-state index contributed by atoms with van der Waals surface area (Å²) in [6.45, 7) is 9.00.